The Morgan fingerprint density at radius 1 is 0.634 bits per heavy atom. The third-order valence-corrected chi connectivity index (χ3v) is 18.8. The second-order valence-corrected chi connectivity index (χ2v) is 26.6. The fourth-order valence-corrected chi connectivity index (χ4v) is 12.6. The number of esters is 5. The van der Waals surface area contributed by atoms with Crippen molar-refractivity contribution in [2.75, 3.05) is 0 Å². The first-order chi connectivity index (χ1) is 32.8. The standard InChI is InChI=1S/C16H26O4.C15H19NO4.C15H28O2.C12H22O2/c1-4-13(2,3)12(17)20-16-7-11-5-14(18,9-16)8-15(19,6-11)10-16;1-4-14(2,3)12(17)19-10-8-5-9-11(10)20-13(18)15(9,6-8)7-16;1-6-14(2,3)13(16)17-15(4,5)12-10-8-7-9-11-12;1-4-12(2,3)11(13)14-10-8-6-5-7-9-10/h11,18-19H,4-10H2,1-3H3;8-11H,4-6H2,1-3H3;12H,6-11H2,1-5H3;10H,4-9H2,1-3H3. The van der Waals surface area contributed by atoms with E-state index in [4.69, 9.17) is 23.7 Å². The lowest BCUT2D eigenvalue weighted by Gasteiger charge is -2.62. The molecule has 1 aliphatic heterocycles. The first kappa shape index (κ1) is 58.6. The van der Waals surface area contributed by atoms with Crippen LogP contribution in [0.4, 0.5) is 0 Å². The number of nitrogens with zero attached hydrogens (tertiary/aromatic N) is 1. The molecule has 1 heterocycles. The van der Waals surface area contributed by atoms with Gasteiger partial charge in [-0.15, -0.1) is 0 Å². The molecule has 8 saturated carbocycles. The van der Waals surface area contributed by atoms with Gasteiger partial charge in [0, 0.05) is 31.1 Å². The lowest BCUT2D eigenvalue weighted by Crippen LogP contribution is -2.67. The maximum Gasteiger partial charge on any atom is 0.327 e. The average molecular weight is 998 g/mol. The predicted molar refractivity (Wildman–Crippen MR) is 270 cm³/mol. The maximum atomic E-state index is 12.4. The highest BCUT2D eigenvalue weighted by Gasteiger charge is 2.72. The molecule has 9 rings (SSSR count). The molecule has 0 spiro atoms. The Morgan fingerprint density at radius 3 is 1.58 bits per heavy atom. The molecule has 0 aromatic rings. The Hall–Kier alpha value is -3.24. The van der Waals surface area contributed by atoms with E-state index in [-0.39, 0.29) is 70.3 Å². The maximum absolute atomic E-state index is 12.4. The number of nitriles is 1. The number of fused-ring (bicyclic) bond motifs is 1. The summed E-state index contributed by atoms with van der Waals surface area (Å²) in [6, 6.07) is 2.15. The van der Waals surface area contributed by atoms with E-state index < -0.39 is 45.1 Å². The summed E-state index contributed by atoms with van der Waals surface area (Å²) in [5.74, 6) is -0.155. The van der Waals surface area contributed by atoms with E-state index in [0.29, 0.717) is 38.0 Å². The molecule has 1 saturated heterocycles. The number of carbonyl (C=O) groups excluding carboxylic acids is 5. The lowest BCUT2D eigenvalue weighted by molar-refractivity contribution is -0.264. The Kier molecular flexibility index (Phi) is 18.1. The van der Waals surface area contributed by atoms with E-state index in [2.05, 4.69) is 19.9 Å². The minimum atomic E-state index is -0.974. The number of aliphatic hydroxyl groups is 2. The smallest absolute Gasteiger partial charge is 0.327 e. The summed E-state index contributed by atoms with van der Waals surface area (Å²) in [7, 11) is 0. The molecular weight excluding hydrogens is 903 g/mol. The first-order valence-corrected chi connectivity index (χ1v) is 27.8. The number of hydrogen-bond acceptors (Lipinski definition) is 13. The third kappa shape index (κ3) is 13.2. The van der Waals surface area contributed by atoms with Crippen molar-refractivity contribution in [1.29, 1.82) is 5.26 Å². The van der Waals surface area contributed by atoms with Crippen molar-refractivity contribution >= 4 is 29.8 Å². The van der Waals surface area contributed by atoms with E-state index >= 15 is 0 Å². The summed E-state index contributed by atoms with van der Waals surface area (Å²) < 4.78 is 28.2. The van der Waals surface area contributed by atoms with E-state index in [1.54, 1.807) is 0 Å². The fraction of sp³-hybridized carbons (Fsp3) is 0.897. The van der Waals surface area contributed by atoms with Gasteiger partial charge >= 0.3 is 29.8 Å². The molecule has 7 unspecified atom stereocenters. The van der Waals surface area contributed by atoms with Gasteiger partial charge in [-0.3, -0.25) is 24.0 Å². The molecule has 2 N–H and O–H groups in total. The van der Waals surface area contributed by atoms with Crippen molar-refractivity contribution < 1.29 is 57.9 Å². The van der Waals surface area contributed by atoms with Crippen LogP contribution in [0, 0.1) is 62.1 Å². The summed E-state index contributed by atoms with van der Waals surface area (Å²) in [6.45, 7) is 27.5. The van der Waals surface area contributed by atoms with Crippen molar-refractivity contribution in [3.63, 3.8) is 0 Å². The Balaban J connectivity index is 0.000000178. The number of carbonyl (C=O) groups is 5. The van der Waals surface area contributed by atoms with Gasteiger partial charge in [-0.2, -0.15) is 5.26 Å². The molecule has 0 aromatic carbocycles. The topological polar surface area (TPSA) is 196 Å². The summed E-state index contributed by atoms with van der Waals surface area (Å²) in [5, 5.41) is 30.6. The monoisotopic (exact) mass is 998 g/mol. The largest absolute Gasteiger partial charge is 0.462 e. The van der Waals surface area contributed by atoms with E-state index in [0.717, 1.165) is 57.8 Å². The zero-order valence-corrected chi connectivity index (χ0v) is 46.5. The minimum Gasteiger partial charge on any atom is -0.462 e. The van der Waals surface area contributed by atoms with Crippen LogP contribution in [0.2, 0.25) is 0 Å². The highest BCUT2D eigenvalue weighted by Crippen LogP contribution is 2.63. The van der Waals surface area contributed by atoms with Gasteiger partial charge in [0.15, 0.2) is 5.41 Å². The summed E-state index contributed by atoms with van der Waals surface area (Å²) >= 11 is 0. The molecular formula is C58H95NO12. The molecule has 7 atom stereocenters. The Bertz CT molecular complexity index is 1930. The molecule has 0 aromatic heterocycles. The SMILES string of the molecule is CCC(C)(C)C(=O)OC(C)(C)C1CCCCC1.CCC(C)(C)C(=O)OC12CC3CC(O)(CC(O)(C3)C1)C2.CCC(C)(C)C(=O)OC1C2CC3C1OC(=O)C3(C#N)C2.CCC(C)(C)C(=O)OC1CCCCC1. The summed E-state index contributed by atoms with van der Waals surface area (Å²) in [6.07, 6.45) is 19.5. The highest BCUT2D eigenvalue weighted by molar-refractivity contribution is 5.85. The van der Waals surface area contributed by atoms with Gasteiger partial charge in [-0.05, 0) is 177 Å². The van der Waals surface area contributed by atoms with E-state index in [1.807, 2.05) is 83.1 Å². The van der Waals surface area contributed by atoms with E-state index in [1.165, 1.54) is 51.4 Å². The van der Waals surface area contributed by atoms with Crippen LogP contribution in [-0.4, -0.2) is 80.8 Å². The second-order valence-electron chi connectivity index (χ2n) is 26.6. The van der Waals surface area contributed by atoms with Crippen LogP contribution in [0.3, 0.4) is 0 Å². The number of hydrogen-bond donors (Lipinski definition) is 2. The first-order valence-electron chi connectivity index (χ1n) is 27.8. The quantitative estimate of drug-likeness (QED) is 0.131. The van der Waals surface area contributed by atoms with E-state index in [9.17, 15) is 39.4 Å². The molecule has 13 nitrogen and oxygen atoms in total. The molecule has 9 aliphatic rings. The van der Waals surface area contributed by atoms with Gasteiger partial charge in [0.1, 0.15) is 29.5 Å². The van der Waals surface area contributed by atoms with Crippen LogP contribution in [0.1, 0.15) is 238 Å². The Labute approximate surface area is 427 Å². The second kappa shape index (κ2) is 21.9. The van der Waals surface area contributed by atoms with Crippen LogP contribution in [0.25, 0.3) is 0 Å². The summed E-state index contributed by atoms with van der Waals surface area (Å²) in [4.78, 5) is 60.4. The fourth-order valence-electron chi connectivity index (χ4n) is 12.6. The lowest BCUT2D eigenvalue weighted by atomic mass is 9.50. The minimum absolute atomic E-state index is 0.0214. The number of ether oxygens (including phenoxy) is 5. The average Bonchev–Trinajstić information content (AvgIpc) is 3.91. The van der Waals surface area contributed by atoms with Gasteiger partial charge in [0.05, 0.1) is 38.9 Å². The molecule has 71 heavy (non-hydrogen) atoms. The molecule has 13 heteroatoms. The summed E-state index contributed by atoms with van der Waals surface area (Å²) in [5.41, 5.74) is -5.31. The van der Waals surface area contributed by atoms with Crippen molar-refractivity contribution in [2.24, 2.45) is 50.7 Å². The van der Waals surface area contributed by atoms with Gasteiger partial charge < -0.3 is 33.9 Å². The molecule has 0 amide bonds. The van der Waals surface area contributed by atoms with Crippen LogP contribution in [0.15, 0.2) is 0 Å². The molecule has 8 aliphatic carbocycles. The van der Waals surface area contributed by atoms with Crippen LogP contribution in [0.5, 0.6) is 0 Å². The van der Waals surface area contributed by atoms with Crippen LogP contribution < -0.4 is 0 Å². The van der Waals surface area contributed by atoms with Gasteiger partial charge in [0.2, 0.25) is 0 Å². The van der Waals surface area contributed by atoms with Gasteiger partial charge in [0.25, 0.3) is 0 Å². The van der Waals surface area contributed by atoms with Crippen molar-refractivity contribution in [1.82, 2.24) is 0 Å². The van der Waals surface area contributed by atoms with Gasteiger partial charge in [-0.1, -0.05) is 53.4 Å². The zero-order chi connectivity index (χ0) is 53.2. The zero-order valence-electron chi connectivity index (χ0n) is 46.5. The Morgan fingerprint density at radius 2 is 1.10 bits per heavy atom. The van der Waals surface area contributed by atoms with Crippen molar-refractivity contribution in [2.45, 2.75) is 279 Å². The highest BCUT2D eigenvalue weighted by atomic mass is 16.6. The van der Waals surface area contributed by atoms with Crippen LogP contribution >= 0.6 is 0 Å². The molecule has 6 bridgehead atoms. The van der Waals surface area contributed by atoms with Crippen molar-refractivity contribution in [3.05, 3.63) is 0 Å². The number of rotatable bonds is 13. The molecule has 0 radical (unpaired) electrons. The third-order valence-electron chi connectivity index (χ3n) is 18.8. The molecule has 404 valence electrons. The van der Waals surface area contributed by atoms with Crippen molar-refractivity contribution in [3.8, 4) is 6.07 Å². The predicted octanol–water partition coefficient (Wildman–Crippen LogP) is 11.6. The van der Waals surface area contributed by atoms with Gasteiger partial charge in [-0.25, -0.2) is 0 Å². The van der Waals surface area contributed by atoms with Crippen LogP contribution in [-0.2, 0) is 47.7 Å². The molecule has 9 fully saturated rings. The normalized spacial score (nSPS) is 33.2.